The van der Waals surface area contributed by atoms with E-state index in [9.17, 15) is 22.0 Å². The summed E-state index contributed by atoms with van der Waals surface area (Å²) in [4.78, 5) is 0. The van der Waals surface area contributed by atoms with Crippen molar-refractivity contribution >= 4 is 0 Å². The van der Waals surface area contributed by atoms with Crippen LogP contribution in [0.2, 0.25) is 0 Å². The normalized spacial score (nSPS) is 10.9. The molecule has 0 aliphatic rings. The molecule has 0 atom stereocenters. The predicted molar refractivity (Wildman–Crippen MR) is 66.2 cm³/mol. The van der Waals surface area contributed by atoms with Gasteiger partial charge in [-0.15, -0.1) is 0 Å². The summed E-state index contributed by atoms with van der Waals surface area (Å²) in [5.74, 6) is -2.30. The Hall–Kier alpha value is -2.93. The van der Waals surface area contributed by atoms with Gasteiger partial charge in [0.2, 0.25) is 0 Å². The van der Waals surface area contributed by atoms with E-state index in [1.165, 1.54) is 6.07 Å². The Labute approximate surface area is 121 Å². The second-order valence-electron chi connectivity index (χ2n) is 4.30. The van der Waals surface area contributed by atoms with Crippen molar-refractivity contribution in [3.63, 3.8) is 0 Å². The molecule has 0 N–H and O–H groups in total. The Morgan fingerprint density at radius 2 is 1.45 bits per heavy atom. The smallest absolute Gasteiger partial charge is 0.205 e. The first-order valence-corrected chi connectivity index (χ1v) is 5.78. The maximum atomic E-state index is 13.6. The van der Waals surface area contributed by atoms with E-state index < -0.39 is 28.9 Å². The lowest BCUT2D eigenvalue weighted by molar-refractivity contribution is -0.137. The van der Waals surface area contributed by atoms with Gasteiger partial charge in [0.1, 0.15) is 23.3 Å². The summed E-state index contributed by atoms with van der Waals surface area (Å²) in [6.07, 6.45) is -4.63. The lowest BCUT2D eigenvalue weighted by Gasteiger charge is -2.10. The largest absolute Gasteiger partial charge is 0.416 e. The Morgan fingerprint density at radius 3 is 1.91 bits per heavy atom. The zero-order valence-corrected chi connectivity index (χ0v) is 10.7. The van der Waals surface area contributed by atoms with Crippen LogP contribution in [0.1, 0.15) is 16.7 Å². The second kappa shape index (κ2) is 5.45. The molecule has 22 heavy (non-hydrogen) atoms. The lowest BCUT2D eigenvalue weighted by Crippen LogP contribution is -2.05. The van der Waals surface area contributed by atoms with E-state index in [0.29, 0.717) is 12.1 Å². The molecule has 0 saturated carbocycles. The highest BCUT2D eigenvalue weighted by molar-refractivity contribution is 5.72. The molecule has 2 nitrogen and oxygen atoms in total. The first-order valence-electron chi connectivity index (χ1n) is 5.78. The summed E-state index contributed by atoms with van der Waals surface area (Å²) in [5.41, 5.74) is -2.40. The monoisotopic (exact) mass is 308 g/mol. The number of benzene rings is 2. The van der Waals surface area contributed by atoms with Crippen molar-refractivity contribution in [2.45, 2.75) is 6.18 Å². The third-order valence-electron chi connectivity index (χ3n) is 2.93. The molecule has 0 fully saturated rings. The molecule has 110 valence electrons. The Bertz CT molecular complexity index is 802. The molecule has 2 aromatic rings. The molecule has 2 aromatic carbocycles. The molecular weight excluding hydrogens is 303 g/mol. The minimum Gasteiger partial charge on any atom is -0.205 e. The third kappa shape index (κ3) is 2.75. The minimum absolute atomic E-state index is 0.0576. The maximum Gasteiger partial charge on any atom is 0.416 e. The number of rotatable bonds is 1. The van der Waals surface area contributed by atoms with Crippen molar-refractivity contribution < 1.29 is 22.0 Å². The zero-order valence-electron chi connectivity index (χ0n) is 10.7. The van der Waals surface area contributed by atoms with E-state index >= 15 is 0 Å². The molecule has 0 unspecified atom stereocenters. The molecular formula is C15H5F5N2. The molecule has 7 heteroatoms. The van der Waals surface area contributed by atoms with Gasteiger partial charge in [-0.1, -0.05) is 6.07 Å². The van der Waals surface area contributed by atoms with E-state index in [0.717, 1.165) is 18.2 Å². The SMILES string of the molecule is N#Cc1cc(C(F)(F)F)ccc1-c1cc(F)c(C#N)c(F)c1. The molecule has 0 saturated heterocycles. The highest BCUT2D eigenvalue weighted by Crippen LogP contribution is 2.34. The van der Waals surface area contributed by atoms with Crippen LogP contribution in [-0.4, -0.2) is 0 Å². The van der Waals surface area contributed by atoms with Crippen molar-refractivity contribution in [1.29, 1.82) is 10.5 Å². The molecule has 0 amide bonds. The minimum atomic E-state index is -4.63. The summed E-state index contributed by atoms with van der Waals surface area (Å²) < 4.78 is 65.0. The molecule has 0 aliphatic carbocycles. The van der Waals surface area contributed by atoms with E-state index in [-0.39, 0.29) is 16.7 Å². The predicted octanol–water partition coefficient (Wildman–Crippen LogP) is 4.39. The molecule has 0 aliphatic heterocycles. The van der Waals surface area contributed by atoms with Crippen LogP contribution in [0.5, 0.6) is 0 Å². The number of alkyl halides is 3. The highest BCUT2D eigenvalue weighted by atomic mass is 19.4. The molecule has 0 heterocycles. The molecule has 2 rings (SSSR count). The standard InChI is InChI=1S/C15H5F5N2/c16-13-4-8(5-14(17)12(13)7-22)11-2-1-10(15(18,19)20)3-9(11)6-21/h1-5H. The Balaban J connectivity index is 2.65. The quantitative estimate of drug-likeness (QED) is 0.733. The van der Waals surface area contributed by atoms with Gasteiger partial charge in [-0.05, 0) is 35.4 Å². The molecule has 0 aromatic heterocycles. The van der Waals surface area contributed by atoms with Crippen molar-refractivity contribution in [2.24, 2.45) is 0 Å². The fraction of sp³-hybridized carbons (Fsp3) is 0.0667. The Morgan fingerprint density at radius 1 is 0.864 bits per heavy atom. The van der Waals surface area contributed by atoms with Gasteiger partial charge in [0.05, 0.1) is 17.2 Å². The molecule has 0 spiro atoms. The van der Waals surface area contributed by atoms with Gasteiger partial charge in [-0.2, -0.15) is 23.7 Å². The number of nitriles is 2. The summed E-state index contributed by atoms with van der Waals surface area (Å²) in [5, 5.41) is 17.5. The van der Waals surface area contributed by atoms with Crippen molar-refractivity contribution in [3.05, 3.63) is 58.7 Å². The summed E-state index contributed by atoms with van der Waals surface area (Å²) >= 11 is 0. The lowest BCUT2D eigenvalue weighted by atomic mass is 9.97. The van der Waals surface area contributed by atoms with Crippen molar-refractivity contribution in [2.75, 3.05) is 0 Å². The average Bonchev–Trinajstić information content (AvgIpc) is 2.45. The van der Waals surface area contributed by atoms with Crippen LogP contribution in [0.3, 0.4) is 0 Å². The topological polar surface area (TPSA) is 47.6 Å². The fourth-order valence-electron chi connectivity index (χ4n) is 1.90. The van der Waals surface area contributed by atoms with Crippen LogP contribution in [0, 0.1) is 34.3 Å². The van der Waals surface area contributed by atoms with Crippen LogP contribution in [-0.2, 0) is 6.18 Å². The van der Waals surface area contributed by atoms with Crippen LogP contribution in [0.25, 0.3) is 11.1 Å². The van der Waals surface area contributed by atoms with Crippen LogP contribution in [0.4, 0.5) is 22.0 Å². The van der Waals surface area contributed by atoms with Crippen LogP contribution in [0.15, 0.2) is 30.3 Å². The molecule has 0 radical (unpaired) electrons. The van der Waals surface area contributed by atoms with Gasteiger partial charge in [0, 0.05) is 0 Å². The maximum absolute atomic E-state index is 13.6. The van der Waals surface area contributed by atoms with Gasteiger partial charge >= 0.3 is 6.18 Å². The van der Waals surface area contributed by atoms with E-state index in [4.69, 9.17) is 10.5 Å². The Kier molecular flexibility index (Phi) is 3.83. The first kappa shape index (κ1) is 15.5. The van der Waals surface area contributed by atoms with Gasteiger partial charge in [0.25, 0.3) is 0 Å². The third-order valence-corrected chi connectivity index (χ3v) is 2.93. The van der Waals surface area contributed by atoms with Crippen LogP contribution < -0.4 is 0 Å². The van der Waals surface area contributed by atoms with Gasteiger partial charge in [-0.25, -0.2) is 8.78 Å². The van der Waals surface area contributed by atoms with Gasteiger partial charge < -0.3 is 0 Å². The van der Waals surface area contributed by atoms with Crippen molar-refractivity contribution in [3.8, 4) is 23.3 Å². The van der Waals surface area contributed by atoms with Crippen LogP contribution >= 0.6 is 0 Å². The summed E-state index contributed by atoms with van der Waals surface area (Å²) in [7, 11) is 0. The fourth-order valence-corrected chi connectivity index (χ4v) is 1.90. The average molecular weight is 308 g/mol. The highest BCUT2D eigenvalue weighted by Gasteiger charge is 2.31. The van der Waals surface area contributed by atoms with Crippen molar-refractivity contribution in [1.82, 2.24) is 0 Å². The summed E-state index contributed by atoms with van der Waals surface area (Å²) in [6, 6.07) is 6.77. The van der Waals surface area contributed by atoms with Gasteiger partial charge in [0.15, 0.2) is 0 Å². The number of halogens is 5. The molecule has 0 bridgehead atoms. The van der Waals surface area contributed by atoms with Gasteiger partial charge in [-0.3, -0.25) is 0 Å². The number of hydrogen-bond donors (Lipinski definition) is 0. The zero-order chi connectivity index (χ0) is 16.5. The second-order valence-corrected chi connectivity index (χ2v) is 4.30. The first-order chi connectivity index (χ1) is 10.3. The summed E-state index contributed by atoms with van der Waals surface area (Å²) in [6.45, 7) is 0. The number of nitrogens with zero attached hydrogens (tertiary/aromatic N) is 2. The van der Waals surface area contributed by atoms with E-state index in [1.807, 2.05) is 0 Å². The number of hydrogen-bond acceptors (Lipinski definition) is 2. The van der Waals surface area contributed by atoms with E-state index in [1.54, 1.807) is 6.07 Å². The van der Waals surface area contributed by atoms with E-state index in [2.05, 4.69) is 0 Å².